The maximum Gasteiger partial charge on any atom is 0.253 e. The van der Waals surface area contributed by atoms with Gasteiger partial charge in [0.25, 0.3) is 5.91 Å². The minimum atomic E-state index is -0.0451. The molecule has 0 aliphatic carbocycles. The van der Waals surface area contributed by atoms with Crippen LogP contribution in [0.5, 0.6) is 0 Å². The Morgan fingerprint density at radius 1 is 1.19 bits per heavy atom. The zero-order chi connectivity index (χ0) is 18.5. The molecule has 1 aliphatic rings. The summed E-state index contributed by atoms with van der Waals surface area (Å²) in [6.45, 7) is 2.16. The number of carbonyl (C=O) groups excluding carboxylic acids is 2. The largest absolute Gasteiger partial charge is 0.366 e. The molecule has 136 valence electrons. The Morgan fingerprint density at radius 2 is 1.92 bits per heavy atom. The van der Waals surface area contributed by atoms with Crippen molar-refractivity contribution in [3.05, 3.63) is 59.3 Å². The first-order chi connectivity index (χ1) is 12.5. The van der Waals surface area contributed by atoms with Crippen LogP contribution >= 0.6 is 0 Å². The lowest BCUT2D eigenvalue weighted by Gasteiger charge is -2.15. The number of nitrogens with one attached hydrogen (secondary N) is 1. The third kappa shape index (κ3) is 4.39. The van der Waals surface area contributed by atoms with Gasteiger partial charge in [-0.15, -0.1) is 0 Å². The van der Waals surface area contributed by atoms with E-state index in [4.69, 9.17) is 0 Å². The summed E-state index contributed by atoms with van der Waals surface area (Å²) in [4.78, 5) is 31.4. The molecule has 0 spiro atoms. The number of hydrogen-bond donors (Lipinski definition) is 1. The molecule has 1 aromatic heterocycles. The monoisotopic (exact) mass is 352 g/mol. The first-order valence-corrected chi connectivity index (χ1v) is 8.80. The van der Waals surface area contributed by atoms with Crippen LogP contribution in [-0.2, 0) is 17.9 Å². The summed E-state index contributed by atoms with van der Waals surface area (Å²) in [6.07, 6.45) is 3.27. The summed E-state index contributed by atoms with van der Waals surface area (Å²) < 4.78 is 0. The second-order valence-electron chi connectivity index (χ2n) is 6.72. The number of hydrogen-bond acceptors (Lipinski definition) is 4. The number of aromatic nitrogens is 1. The molecule has 26 heavy (non-hydrogen) atoms. The zero-order valence-corrected chi connectivity index (χ0v) is 15.2. The van der Waals surface area contributed by atoms with E-state index in [0.29, 0.717) is 30.9 Å². The van der Waals surface area contributed by atoms with Crippen molar-refractivity contribution >= 4 is 17.6 Å². The van der Waals surface area contributed by atoms with Gasteiger partial charge in [-0.3, -0.25) is 9.59 Å². The highest BCUT2D eigenvalue weighted by Crippen LogP contribution is 2.15. The van der Waals surface area contributed by atoms with Gasteiger partial charge >= 0.3 is 0 Å². The molecule has 1 N–H and O–H groups in total. The van der Waals surface area contributed by atoms with Crippen LogP contribution in [0.2, 0.25) is 0 Å². The highest BCUT2D eigenvalue weighted by Gasteiger charge is 2.19. The molecule has 0 atom stereocenters. The fourth-order valence-electron chi connectivity index (χ4n) is 2.97. The average Bonchev–Trinajstić information content (AvgIpc) is 3.05. The molecule has 1 aromatic carbocycles. The minimum absolute atomic E-state index is 0.0451. The number of carbonyl (C=O) groups is 2. The Kier molecular flexibility index (Phi) is 5.51. The van der Waals surface area contributed by atoms with Gasteiger partial charge in [-0.2, -0.15) is 0 Å². The molecule has 1 saturated heterocycles. The van der Waals surface area contributed by atoms with Crippen LogP contribution in [0.25, 0.3) is 0 Å². The second-order valence-corrected chi connectivity index (χ2v) is 6.72. The van der Waals surface area contributed by atoms with Crippen molar-refractivity contribution in [2.75, 3.05) is 26.0 Å². The summed E-state index contributed by atoms with van der Waals surface area (Å²) in [5.74, 6) is 0.870. The van der Waals surface area contributed by atoms with E-state index in [9.17, 15) is 9.59 Å². The predicted molar refractivity (Wildman–Crippen MR) is 101 cm³/mol. The number of amides is 2. The molecule has 6 heteroatoms. The third-order valence-electron chi connectivity index (χ3n) is 4.45. The molecule has 0 radical (unpaired) electrons. The van der Waals surface area contributed by atoms with Crippen molar-refractivity contribution in [1.29, 1.82) is 0 Å². The Balaban J connectivity index is 1.57. The Labute approximate surface area is 153 Å². The molecule has 1 fully saturated rings. The highest BCUT2D eigenvalue weighted by molar-refractivity contribution is 5.94. The molecule has 3 rings (SSSR count). The lowest BCUT2D eigenvalue weighted by Crippen LogP contribution is -2.23. The maximum absolute atomic E-state index is 12.0. The number of pyridine rings is 1. The first kappa shape index (κ1) is 17.9. The molecular weight excluding hydrogens is 328 g/mol. The van der Waals surface area contributed by atoms with Crippen LogP contribution in [0, 0.1) is 0 Å². The molecule has 0 unspecified atom stereocenters. The van der Waals surface area contributed by atoms with Crippen LogP contribution in [0.1, 0.15) is 34.3 Å². The topological polar surface area (TPSA) is 65.5 Å². The molecule has 2 aromatic rings. The molecule has 2 heterocycles. The Bertz CT molecular complexity index is 787. The van der Waals surface area contributed by atoms with Gasteiger partial charge in [0.15, 0.2) is 0 Å². The van der Waals surface area contributed by atoms with Gasteiger partial charge in [-0.05, 0) is 29.7 Å². The van der Waals surface area contributed by atoms with Crippen LogP contribution < -0.4 is 5.32 Å². The van der Waals surface area contributed by atoms with Crippen LogP contribution in [0.3, 0.4) is 0 Å². The summed E-state index contributed by atoms with van der Waals surface area (Å²) >= 11 is 0. The number of rotatable bonds is 6. The van der Waals surface area contributed by atoms with Crippen LogP contribution in [0.15, 0.2) is 42.6 Å². The van der Waals surface area contributed by atoms with E-state index in [1.54, 1.807) is 37.3 Å². The summed E-state index contributed by atoms with van der Waals surface area (Å²) in [5, 5.41) is 3.25. The molecular formula is C20H24N4O2. The normalized spacial score (nSPS) is 13.8. The van der Waals surface area contributed by atoms with E-state index >= 15 is 0 Å². The first-order valence-electron chi connectivity index (χ1n) is 8.80. The summed E-state index contributed by atoms with van der Waals surface area (Å²) in [6, 6.07) is 11.7. The number of anilines is 1. The van der Waals surface area contributed by atoms with Crippen LogP contribution in [-0.4, -0.2) is 47.2 Å². The quantitative estimate of drug-likeness (QED) is 0.868. The van der Waals surface area contributed by atoms with Gasteiger partial charge in [0.05, 0.1) is 0 Å². The van der Waals surface area contributed by atoms with Crippen LogP contribution in [0.4, 0.5) is 5.82 Å². The minimum Gasteiger partial charge on any atom is -0.366 e. The van der Waals surface area contributed by atoms with E-state index in [2.05, 4.69) is 34.6 Å². The standard InChI is InChI=1S/C20H24N4O2/c1-23(2)20(26)17-9-10-21-18(12-17)22-13-15-5-7-16(8-6-15)14-24-11-3-4-19(24)25/h5-10,12H,3-4,11,13-14H2,1-2H3,(H,21,22). The smallest absolute Gasteiger partial charge is 0.253 e. The maximum atomic E-state index is 12.0. The SMILES string of the molecule is CN(C)C(=O)c1ccnc(NCc2ccc(CN3CCCC3=O)cc2)c1. The van der Waals surface area contributed by atoms with Crippen molar-refractivity contribution in [1.82, 2.24) is 14.8 Å². The van der Waals surface area contributed by atoms with Gasteiger partial charge in [0.2, 0.25) is 5.91 Å². The summed E-state index contributed by atoms with van der Waals surface area (Å²) in [7, 11) is 3.46. The molecule has 6 nitrogen and oxygen atoms in total. The van der Waals surface area contributed by atoms with Gasteiger partial charge in [0, 0.05) is 51.9 Å². The predicted octanol–water partition coefficient (Wildman–Crippen LogP) is 2.52. The third-order valence-corrected chi connectivity index (χ3v) is 4.45. The average molecular weight is 352 g/mol. The van der Waals surface area contributed by atoms with E-state index < -0.39 is 0 Å². The van der Waals surface area contributed by atoms with Crippen molar-refractivity contribution in [2.45, 2.75) is 25.9 Å². The van der Waals surface area contributed by atoms with Crippen molar-refractivity contribution in [3.63, 3.8) is 0 Å². The van der Waals surface area contributed by atoms with E-state index in [-0.39, 0.29) is 11.8 Å². The number of nitrogens with zero attached hydrogens (tertiary/aromatic N) is 3. The van der Waals surface area contributed by atoms with Crippen molar-refractivity contribution < 1.29 is 9.59 Å². The molecule has 1 aliphatic heterocycles. The highest BCUT2D eigenvalue weighted by atomic mass is 16.2. The summed E-state index contributed by atoms with van der Waals surface area (Å²) in [5.41, 5.74) is 2.87. The van der Waals surface area contributed by atoms with Gasteiger partial charge in [-0.25, -0.2) is 4.98 Å². The van der Waals surface area contributed by atoms with E-state index in [0.717, 1.165) is 24.1 Å². The lowest BCUT2D eigenvalue weighted by molar-refractivity contribution is -0.128. The van der Waals surface area contributed by atoms with E-state index in [1.807, 2.05) is 4.90 Å². The second kappa shape index (κ2) is 7.99. The van der Waals surface area contributed by atoms with Gasteiger partial charge in [0.1, 0.15) is 5.82 Å². The molecule has 2 amide bonds. The van der Waals surface area contributed by atoms with Gasteiger partial charge < -0.3 is 15.1 Å². The Hall–Kier alpha value is -2.89. The fraction of sp³-hybridized carbons (Fsp3) is 0.350. The van der Waals surface area contributed by atoms with Crippen molar-refractivity contribution in [3.8, 4) is 0 Å². The van der Waals surface area contributed by atoms with Crippen molar-refractivity contribution in [2.24, 2.45) is 0 Å². The number of likely N-dealkylation sites (tertiary alicyclic amines) is 1. The van der Waals surface area contributed by atoms with Gasteiger partial charge in [-0.1, -0.05) is 24.3 Å². The lowest BCUT2D eigenvalue weighted by atomic mass is 10.1. The zero-order valence-electron chi connectivity index (χ0n) is 15.2. The van der Waals surface area contributed by atoms with E-state index in [1.165, 1.54) is 0 Å². The fourth-order valence-corrected chi connectivity index (χ4v) is 2.97. The molecule has 0 saturated carbocycles. The number of benzene rings is 1. The Morgan fingerprint density at radius 3 is 2.58 bits per heavy atom. The molecule has 0 bridgehead atoms.